The second-order valence-electron chi connectivity index (χ2n) is 3.29. The van der Waals surface area contributed by atoms with Crippen molar-refractivity contribution in [1.82, 2.24) is 0 Å². The van der Waals surface area contributed by atoms with Crippen LogP contribution in [0.5, 0.6) is 0 Å². The van der Waals surface area contributed by atoms with E-state index in [2.05, 4.69) is 0 Å². The van der Waals surface area contributed by atoms with Gasteiger partial charge in [0.1, 0.15) is 17.7 Å². The van der Waals surface area contributed by atoms with E-state index in [0.717, 1.165) is 12.1 Å². The summed E-state index contributed by atoms with van der Waals surface area (Å²) in [7, 11) is 0. The molecule has 0 aromatic heterocycles. The van der Waals surface area contributed by atoms with Crippen molar-refractivity contribution in [3.05, 3.63) is 59.7 Å². The lowest BCUT2D eigenvalue weighted by molar-refractivity contribution is 0.600. The van der Waals surface area contributed by atoms with E-state index in [-0.39, 0.29) is 11.1 Å². The van der Waals surface area contributed by atoms with Gasteiger partial charge in [0, 0.05) is 5.56 Å². The Hall–Kier alpha value is -2.21. The summed E-state index contributed by atoms with van der Waals surface area (Å²) in [6, 6.07) is 12.2. The van der Waals surface area contributed by atoms with Crippen LogP contribution in [0.25, 0.3) is 11.1 Å². The van der Waals surface area contributed by atoms with Gasteiger partial charge in [-0.3, -0.25) is 0 Å². The van der Waals surface area contributed by atoms with E-state index in [1.165, 1.54) is 0 Å². The van der Waals surface area contributed by atoms with E-state index in [9.17, 15) is 8.78 Å². The summed E-state index contributed by atoms with van der Waals surface area (Å²) in [5.74, 6) is -1.30. The minimum atomic E-state index is -0.706. The summed E-state index contributed by atoms with van der Waals surface area (Å²) in [5.41, 5.74) is 0.470. The number of rotatable bonds is 1. The van der Waals surface area contributed by atoms with E-state index in [1.54, 1.807) is 36.4 Å². The first kappa shape index (κ1) is 10.3. The lowest BCUT2D eigenvalue weighted by Gasteiger charge is -2.04. The van der Waals surface area contributed by atoms with Crippen LogP contribution in [0.1, 0.15) is 5.56 Å². The second-order valence-corrected chi connectivity index (χ2v) is 3.29. The van der Waals surface area contributed by atoms with Gasteiger partial charge in [0.05, 0.1) is 5.56 Å². The average molecular weight is 215 g/mol. The number of hydrogen-bond acceptors (Lipinski definition) is 1. The first-order valence-corrected chi connectivity index (χ1v) is 4.67. The molecule has 78 valence electrons. The van der Waals surface area contributed by atoms with Gasteiger partial charge in [0.25, 0.3) is 0 Å². The average Bonchev–Trinajstić information content (AvgIpc) is 2.32. The van der Waals surface area contributed by atoms with Gasteiger partial charge in [-0.05, 0) is 17.7 Å². The third-order valence-corrected chi connectivity index (χ3v) is 2.26. The molecular weight excluding hydrogens is 208 g/mol. The Kier molecular flexibility index (Phi) is 2.65. The van der Waals surface area contributed by atoms with Crippen molar-refractivity contribution in [2.75, 3.05) is 0 Å². The number of halogens is 2. The summed E-state index contributed by atoms with van der Waals surface area (Å²) in [4.78, 5) is 0. The molecule has 0 unspecified atom stereocenters. The van der Waals surface area contributed by atoms with Crippen LogP contribution >= 0.6 is 0 Å². The molecule has 1 nitrogen and oxygen atoms in total. The molecular formula is C13H7F2N. The first-order valence-electron chi connectivity index (χ1n) is 4.67. The molecule has 0 saturated carbocycles. The van der Waals surface area contributed by atoms with Gasteiger partial charge in [-0.2, -0.15) is 5.26 Å². The highest BCUT2D eigenvalue weighted by Crippen LogP contribution is 2.24. The molecule has 0 N–H and O–H groups in total. The molecule has 0 spiro atoms. The van der Waals surface area contributed by atoms with E-state index in [0.29, 0.717) is 5.56 Å². The van der Waals surface area contributed by atoms with Crippen molar-refractivity contribution in [2.45, 2.75) is 0 Å². The summed E-state index contributed by atoms with van der Waals surface area (Å²) in [6.45, 7) is 0. The topological polar surface area (TPSA) is 23.8 Å². The zero-order chi connectivity index (χ0) is 11.5. The van der Waals surface area contributed by atoms with Crippen LogP contribution in [-0.2, 0) is 0 Å². The number of nitrogens with zero attached hydrogens (tertiary/aromatic N) is 1. The molecule has 0 aliphatic heterocycles. The van der Waals surface area contributed by atoms with Gasteiger partial charge < -0.3 is 0 Å². The van der Waals surface area contributed by atoms with Gasteiger partial charge in [-0.15, -0.1) is 0 Å². The maximum atomic E-state index is 13.6. The molecule has 2 aromatic rings. The molecule has 0 saturated heterocycles. The summed E-state index contributed by atoms with van der Waals surface area (Å²) >= 11 is 0. The first-order chi connectivity index (χ1) is 7.72. The predicted molar refractivity (Wildman–Crippen MR) is 56.5 cm³/mol. The zero-order valence-corrected chi connectivity index (χ0v) is 8.24. The zero-order valence-electron chi connectivity index (χ0n) is 8.24. The van der Waals surface area contributed by atoms with E-state index >= 15 is 0 Å². The van der Waals surface area contributed by atoms with Gasteiger partial charge in [0.2, 0.25) is 0 Å². The Bertz CT molecular complexity index is 556. The van der Waals surface area contributed by atoms with Crippen molar-refractivity contribution in [3.8, 4) is 17.2 Å². The van der Waals surface area contributed by atoms with Crippen LogP contribution in [-0.4, -0.2) is 0 Å². The van der Waals surface area contributed by atoms with Crippen molar-refractivity contribution in [2.24, 2.45) is 0 Å². The molecule has 0 atom stereocenters. The highest BCUT2D eigenvalue weighted by Gasteiger charge is 2.10. The van der Waals surface area contributed by atoms with Crippen LogP contribution in [0.2, 0.25) is 0 Å². The monoisotopic (exact) mass is 215 g/mol. The largest absolute Gasteiger partial charge is 0.206 e. The molecule has 0 aliphatic rings. The van der Waals surface area contributed by atoms with E-state index < -0.39 is 11.6 Å². The fourth-order valence-electron chi connectivity index (χ4n) is 1.47. The Morgan fingerprint density at radius 1 is 0.938 bits per heavy atom. The molecule has 0 amide bonds. The Morgan fingerprint density at radius 2 is 1.62 bits per heavy atom. The maximum absolute atomic E-state index is 13.6. The third kappa shape index (κ3) is 1.78. The molecule has 0 fully saturated rings. The summed E-state index contributed by atoms with van der Waals surface area (Å²) in [6.07, 6.45) is 0. The van der Waals surface area contributed by atoms with E-state index in [4.69, 9.17) is 5.26 Å². The van der Waals surface area contributed by atoms with Crippen LogP contribution in [0.15, 0.2) is 42.5 Å². The van der Waals surface area contributed by atoms with Crippen LogP contribution in [0.4, 0.5) is 8.78 Å². The van der Waals surface area contributed by atoms with Gasteiger partial charge in [-0.1, -0.05) is 30.3 Å². The number of nitriles is 1. The number of hydrogen-bond donors (Lipinski definition) is 0. The van der Waals surface area contributed by atoms with Crippen molar-refractivity contribution >= 4 is 0 Å². The molecule has 0 bridgehead atoms. The normalized spacial score (nSPS) is 9.81. The Labute approximate surface area is 91.6 Å². The molecule has 2 rings (SSSR count). The molecule has 0 aliphatic carbocycles. The molecule has 3 heteroatoms. The predicted octanol–water partition coefficient (Wildman–Crippen LogP) is 3.50. The Balaban J connectivity index is 2.60. The Morgan fingerprint density at radius 3 is 2.25 bits per heavy atom. The smallest absolute Gasteiger partial charge is 0.141 e. The molecule has 2 aromatic carbocycles. The molecule has 0 radical (unpaired) electrons. The lowest BCUT2D eigenvalue weighted by Crippen LogP contribution is -1.90. The van der Waals surface area contributed by atoms with Crippen LogP contribution < -0.4 is 0 Å². The van der Waals surface area contributed by atoms with Crippen molar-refractivity contribution in [1.29, 1.82) is 5.26 Å². The standard InChI is InChI=1S/C13H7F2N/c14-12-7-11(9-4-2-1-3-5-9)13(15)6-10(12)8-16/h1-7H. The highest BCUT2D eigenvalue weighted by atomic mass is 19.1. The van der Waals surface area contributed by atoms with Crippen molar-refractivity contribution < 1.29 is 8.78 Å². The van der Waals surface area contributed by atoms with Gasteiger partial charge in [-0.25, -0.2) is 8.78 Å². The highest BCUT2D eigenvalue weighted by molar-refractivity contribution is 5.65. The minimum Gasteiger partial charge on any atom is -0.206 e. The minimum absolute atomic E-state index is 0.164. The second kappa shape index (κ2) is 4.11. The molecule has 0 heterocycles. The summed E-state index contributed by atoms with van der Waals surface area (Å²) < 4.78 is 26.9. The van der Waals surface area contributed by atoms with Gasteiger partial charge in [0.15, 0.2) is 0 Å². The third-order valence-electron chi connectivity index (χ3n) is 2.26. The van der Waals surface area contributed by atoms with E-state index in [1.807, 2.05) is 0 Å². The van der Waals surface area contributed by atoms with Crippen LogP contribution in [0, 0.1) is 23.0 Å². The lowest BCUT2D eigenvalue weighted by atomic mass is 10.0. The number of benzene rings is 2. The molecule has 16 heavy (non-hydrogen) atoms. The fraction of sp³-hybridized carbons (Fsp3) is 0. The maximum Gasteiger partial charge on any atom is 0.141 e. The summed E-state index contributed by atoms with van der Waals surface area (Å²) in [5, 5.41) is 8.55. The van der Waals surface area contributed by atoms with Crippen LogP contribution in [0.3, 0.4) is 0 Å². The fourth-order valence-corrected chi connectivity index (χ4v) is 1.47. The van der Waals surface area contributed by atoms with Crippen molar-refractivity contribution in [3.63, 3.8) is 0 Å². The SMILES string of the molecule is N#Cc1cc(F)c(-c2ccccc2)cc1F. The quantitative estimate of drug-likeness (QED) is 0.714. The van der Waals surface area contributed by atoms with Gasteiger partial charge >= 0.3 is 0 Å².